The van der Waals surface area contributed by atoms with Crippen LogP contribution in [0.4, 0.5) is 0 Å². The second-order valence-corrected chi connectivity index (χ2v) is 6.77. The Balaban J connectivity index is 2.19. The minimum absolute atomic E-state index is 0.00604. The number of rotatable bonds is 3. The van der Waals surface area contributed by atoms with Gasteiger partial charge in [-0.3, -0.25) is 4.79 Å². The normalized spacial score (nSPS) is 37.9. The van der Waals surface area contributed by atoms with Gasteiger partial charge in [-0.25, -0.2) is 0 Å². The van der Waals surface area contributed by atoms with E-state index >= 15 is 0 Å². The van der Waals surface area contributed by atoms with Crippen molar-refractivity contribution in [3.05, 3.63) is 23.8 Å². The van der Waals surface area contributed by atoms with Gasteiger partial charge in [0, 0.05) is 5.92 Å². The maximum Gasteiger partial charge on any atom is 0.308 e. The molecule has 2 heteroatoms. The number of hydrogen-bond acceptors (Lipinski definition) is 2. The first-order valence-electron chi connectivity index (χ1n) is 8.04. The second-order valence-electron chi connectivity index (χ2n) is 6.77. The molecule has 20 heavy (non-hydrogen) atoms. The van der Waals surface area contributed by atoms with Crippen LogP contribution in [-0.2, 0) is 9.53 Å². The molecule has 0 amide bonds. The molecule has 112 valence electrons. The topological polar surface area (TPSA) is 26.3 Å². The molecule has 0 heterocycles. The first kappa shape index (κ1) is 15.3. The molecule has 0 spiro atoms. The molecule has 0 aromatic heterocycles. The van der Waals surface area contributed by atoms with E-state index in [4.69, 9.17) is 4.74 Å². The lowest BCUT2D eigenvalue weighted by Crippen LogP contribution is -2.40. The molecule has 6 atom stereocenters. The van der Waals surface area contributed by atoms with Gasteiger partial charge in [-0.15, -0.1) is 0 Å². The zero-order chi connectivity index (χ0) is 14.9. The van der Waals surface area contributed by atoms with Crippen molar-refractivity contribution in [3.63, 3.8) is 0 Å². The Morgan fingerprint density at radius 3 is 2.75 bits per heavy atom. The lowest BCUT2D eigenvalue weighted by atomic mass is 9.67. The number of esters is 1. The van der Waals surface area contributed by atoms with Crippen LogP contribution in [0.5, 0.6) is 0 Å². The van der Waals surface area contributed by atoms with E-state index in [1.165, 1.54) is 5.57 Å². The highest BCUT2D eigenvalue weighted by molar-refractivity contribution is 5.72. The number of allylic oxidation sites excluding steroid dienone is 3. The van der Waals surface area contributed by atoms with Crippen LogP contribution in [0.3, 0.4) is 0 Å². The summed E-state index contributed by atoms with van der Waals surface area (Å²) in [6.45, 7) is 10.7. The molecule has 2 aliphatic rings. The summed E-state index contributed by atoms with van der Waals surface area (Å²) in [7, 11) is 0. The fraction of sp³-hybridized carbons (Fsp3) is 0.722. The number of hydrogen-bond donors (Lipinski definition) is 0. The Morgan fingerprint density at radius 2 is 2.10 bits per heavy atom. The lowest BCUT2D eigenvalue weighted by Gasteiger charge is -2.41. The summed E-state index contributed by atoms with van der Waals surface area (Å²) in [4.78, 5) is 12.2. The molecule has 3 unspecified atom stereocenters. The quantitative estimate of drug-likeness (QED) is 0.716. The molecule has 2 nitrogen and oxygen atoms in total. The summed E-state index contributed by atoms with van der Waals surface area (Å²) in [5.41, 5.74) is 1.37. The van der Waals surface area contributed by atoms with E-state index in [1.54, 1.807) is 0 Å². The lowest BCUT2D eigenvalue weighted by molar-refractivity contribution is -0.158. The van der Waals surface area contributed by atoms with Gasteiger partial charge in [0.25, 0.3) is 0 Å². The highest BCUT2D eigenvalue weighted by Crippen LogP contribution is 2.42. The molecular weight excluding hydrogens is 248 g/mol. The van der Waals surface area contributed by atoms with Crippen LogP contribution in [0, 0.1) is 29.6 Å². The van der Waals surface area contributed by atoms with Crippen molar-refractivity contribution in [2.75, 3.05) is 0 Å². The van der Waals surface area contributed by atoms with Gasteiger partial charge in [0.15, 0.2) is 0 Å². The minimum Gasteiger partial charge on any atom is -0.461 e. The molecule has 0 aromatic carbocycles. The molecule has 0 fully saturated rings. The van der Waals surface area contributed by atoms with E-state index in [0.717, 1.165) is 12.8 Å². The zero-order valence-electron chi connectivity index (χ0n) is 13.4. The van der Waals surface area contributed by atoms with E-state index in [2.05, 4.69) is 39.0 Å². The molecule has 2 aliphatic carbocycles. The van der Waals surface area contributed by atoms with Crippen LogP contribution in [0.1, 0.15) is 47.5 Å². The fourth-order valence-corrected chi connectivity index (χ4v) is 3.36. The first-order chi connectivity index (χ1) is 9.43. The number of carbonyl (C=O) groups is 1. The third-order valence-electron chi connectivity index (χ3n) is 5.14. The summed E-state index contributed by atoms with van der Waals surface area (Å²) < 4.78 is 5.89. The van der Waals surface area contributed by atoms with E-state index in [0.29, 0.717) is 23.7 Å². The van der Waals surface area contributed by atoms with Gasteiger partial charge in [0.05, 0.1) is 5.92 Å². The summed E-state index contributed by atoms with van der Waals surface area (Å²) in [5.74, 6) is 1.93. The third kappa shape index (κ3) is 2.99. The van der Waals surface area contributed by atoms with E-state index in [1.807, 2.05) is 13.8 Å². The van der Waals surface area contributed by atoms with Crippen molar-refractivity contribution in [2.24, 2.45) is 29.6 Å². The maximum absolute atomic E-state index is 12.2. The largest absolute Gasteiger partial charge is 0.461 e. The van der Waals surface area contributed by atoms with Crippen LogP contribution in [-0.4, -0.2) is 12.1 Å². The van der Waals surface area contributed by atoms with Gasteiger partial charge >= 0.3 is 5.97 Å². The molecule has 0 bridgehead atoms. The number of ether oxygens (including phenoxy) is 1. The average molecular weight is 276 g/mol. The van der Waals surface area contributed by atoms with Crippen molar-refractivity contribution in [2.45, 2.75) is 53.6 Å². The highest BCUT2D eigenvalue weighted by Gasteiger charge is 2.39. The molecule has 0 saturated heterocycles. The highest BCUT2D eigenvalue weighted by atomic mass is 16.5. The third-order valence-corrected chi connectivity index (χ3v) is 5.14. The van der Waals surface area contributed by atoms with Crippen molar-refractivity contribution >= 4 is 5.97 Å². The monoisotopic (exact) mass is 276 g/mol. The van der Waals surface area contributed by atoms with Crippen LogP contribution in [0.25, 0.3) is 0 Å². The van der Waals surface area contributed by atoms with E-state index in [9.17, 15) is 4.79 Å². The molecular formula is C18H28O2. The predicted molar refractivity (Wildman–Crippen MR) is 82.2 cm³/mol. The molecule has 0 aliphatic heterocycles. The van der Waals surface area contributed by atoms with Gasteiger partial charge in [0.1, 0.15) is 6.10 Å². The summed E-state index contributed by atoms with van der Waals surface area (Å²) >= 11 is 0. The van der Waals surface area contributed by atoms with Crippen molar-refractivity contribution < 1.29 is 9.53 Å². The Hall–Kier alpha value is -1.05. The standard InChI is InChI=1S/C18H28O2/c1-6-12(3)18(19)20-16-10-11(2)9-15-8-7-13(4)14(5)17(15)16/h7-9,11-14,16-17H,6,10H2,1-5H3/t11-,12?,13+,14?,16-,17?/m0/s1. The smallest absolute Gasteiger partial charge is 0.308 e. The van der Waals surface area contributed by atoms with Crippen LogP contribution >= 0.6 is 0 Å². The number of fused-ring (bicyclic) bond motifs is 1. The Morgan fingerprint density at radius 1 is 1.40 bits per heavy atom. The maximum atomic E-state index is 12.2. The van der Waals surface area contributed by atoms with E-state index in [-0.39, 0.29) is 18.0 Å². The Labute approximate surface area is 123 Å². The van der Waals surface area contributed by atoms with Gasteiger partial charge in [-0.2, -0.15) is 0 Å². The summed E-state index contributed by atoms with van der Waals surface area (Å²) in [5, 5.41) is 0. The average Bonchev–Trinajstić information content (AvgIpc) is 2.41. The Bertz CT molecular complexity index is 421. The van der Waals surface area contributed by atoms with Crippen molar-refractivity contribution in [1.82, 2.24) is 0 Å². The summed E-state index contributed by atoms with van der Waals surface area (Å²) in [6, 6.07) is 0. The van der Waals surface area contributed by atoms with Crippen LogP contribution in [0.15, 0.2) is 23.8 Å². The van der Waals surface area contributed by atoms with Crippen molar-refractivity contribution in [3.8, 4) is 0 Å². The molecule has 2 rings (SSSR count). The van der Waals surface area contributed by atoms with Crippen LogP contribution in [0.2, 0.25) is 0 Å². The van der Waals surface area contributed by atoms with Gasteiger partial charge < -0.3 is 4.74 Å². The molecule has 0 N–H and O–H groups in total. The molecule has 0 radical (unpaired) electrons. The van der Waals surface area contributed by atoms with Crippen molar-refractivity contribution in [1.29, 1.82) is 0 Å². The molecule has 0 aromatic rings. The predicted octanol–water partition coefficient (Wildman–Crippen LogP) is 4.37. The zero-order valence-corrected chi connectivity index (χ0v) is 13.4. The van der Waals surface area contributed by atoms with Crippen LogP contribution < -0.4 is 0 Å². The fourth-order valence-electron chi connectivity index (χ4n) is 3.36. The second kappa shape index (κ2) is 6.15. The van der Waals surface area contributed by atoms with Gasteiger partial charge in [-0.05, 0) is 36.2 Å². The SMILES string of the molecule is CCC(C)C(=O)O[C@H]1C[C@@H](C)C=C2C=C[C@@H](C)C(C)C21. The van der Waals surface area contributed by atoms with E-state index < -0.39 is 0 Å². The first-order valence-corrected chi connectivity index (χ1v) is 8.04. The Kier molecular flexibility index (Phi) is 4.72. The van der Waals surface area contributed by atoms with Gasteiger partial charge in [-0.1, -0.05) is 52.8 Å². The van der Waals surface area contributed by atoms with Gasteiger partial charge in [0.2, 0.25) is 0 Å². The summed E-state index contributed by atoms with van der Waals surface area (Å²) in [6.07, 6.45) is 8.75. The minimum atomic E-state index is -0.0274. The molecule has 0 saturated carbocycles. The number of carbonyl (C=O) groups excluding carboxylic acids is 1.